The molecule has 0 saturated carbocycles. The third-order valence-corrected chi connectivity index (χ3v) is 6.45. The Balaban J connectivity index is -0.0000000909. The van der Waals surface area contributed by atoms with Crippen LogP contribution in [0.4, 0.5) is 4.79 Å². The molecule has 0 radical (unpaired) electrons. The van der Waals surface area contributed by atoms with Crippen molar-refractivity contribution in [3.8, 4) is 0 Å². The summed E-state index contributed by atoms with van der Waals surface area (Å²) in [6, 6.07) is -0.814. The third kappa shape index (κ3) is 26.8. The van der Waals surface area contributed by atoms with Crippen LogP contribution < -0.4 is 114 Å². The summed E-state index contributed by atoms with van der Waals surface area (Å²) in [5.74, 6) is -0.375. The van der Waals surface area contributed by atoms with Crippen molar-refractivity contribution >= 4 is 27.9 Å². The standard InChI is InChI=1S/C15H32.C7H13BrN2O2.2K.2H/c1-3-5-7-9-11-13-15-14-12-10-8-6-4-2;1-3-7(8,4-2)5(11)10-6(9)12;;;;/h3-15H2,1-2H3;3-4H2,1-2H3,(H3,9,10,11,12);;;;/q;;2*+1;2*-1. The molecule has 0 spiro atoms. The molecule has 0 rings (SSSR count). The van der Waals surface area contributed by atoms with Gasteiger partial charge >= 0.3 is 109 Å². The summed E-state index contributed by atoms with van der Waals surface area (Å²) in [6.45, 7) is 8.30. The Bertz CT molecular complexity index is 367. The summed E-state index contributed by atoms with van der Waals surface area (Å²) in [6.07, 6.45) is 20.2. The fourth-order valence-corrected chi connectivity index (χ4v) is 2.99. The normalized spacial score (nSPS) is 10.1. The molecule has 0 unspecified atom stereocenters. The topological polar surface area (TPSA) is 72.2 Å². The number of nitrogens with one attached hydrogen (secondary N) is 1. The molecule has 0 saturated heterocycles. The van der Waals surface area contributed by atoms with Crippen LogP contribution >= 0.6 is 15.9 Å². The van der Waals surface area contributed by atoms with Crippen LogP contribution in [0.1, 0.15) is 127 Å². The molecule has 0 aromatic heterocycles. The quantitative estimate of drug-likeness (QED) is 0.192. The number of halogens is 1. The Labute approximate surface area is 277 Å². The molecule has 0 aliphatic heterocycles. The summed E-state index contributed by atoms with van der Waals surface area (Å²) in [5.41, 5.74) is 4.81. The van der Waals surface area contributed by atoms with Crippen molar-refractivity contribution < 1.29 is 115 Å². The Morgan fingerprint density at radius 3 is 1.21 bits per heavy atom. The number of rotatable bonds is 15. The van der Waals surface area contributed by atoms with E-state index in [1.807, 2.05) is 19.2 Å². The molecular formula is C22H47BrK2N2O2. The molecule has 7 heteroatoms. The Kier molecular flexibility index (Phi) is 38.6. The van der Waals surface area contributed by atoms with Gasteiger partial charge in [0.1, 0.15) is 4.32 Å². The van der Waals surface area contributed by atoms with Crippen LogP contribution in [-0.4, -0.2) is 16.3 Å². The van der Waals surface area contributed by atoms with E-state index in [2.05, 4.69) is 29.8 Å². The fraction of sp³-hybridized carbons (Fsp3) is 0.909. The maximum Gasteiger partial charge on any atom is 1.00 e. The number of hydrogen-bond donors (Lipinski definition) is 2. The first-order valence-electron chi connectivity index (χ1n) is 11.2. The minimum atomic E-state index is -0.814. The van der Waals surface area contributed by atoms with Crippen molar-refractivity contribution in [3.63, 3.8) is 0 Å². The zero-order chi connectivity index (χ0) is 21.0. The second-order valence-electron chi connectivity index (χ2n) is 7.38. The van der Waals surface area contributed by atoms with Gasteiger partial charge in [-0.3, -0.25) is 10.1 Å². The van der Waals surface area contributed by atoms with Crippen molar-refractivity contribution in [3.05, 3.63) is 0 Å². The van der Waals surface area contributed by atoms with Crippen molar-refractivity contribution in [2.24, 2.45) is 5.73 Å². The van der Waals surface area contributed by atoms with E-state index in [0.717, 1.165) is 0 Å². The molecule has 4 nitrogen and oxygen atoms in total. The molecular weight excluding hydrogens is 482 g/mol. The molecule has 3 amide bonds. The van der Waals surface area contributed by atoms with Crippen LogP contribution in [0.5, 0.6) is 0 Å². The average molecular weight is 530 g/mol. The van der Waals surface area contributed by atoms with Gasteiger partial charge in [0.15, 0.2) is 0 Å². The van der Waals surface area contributed by atoms with E-state index in [0.29, 0.717) is 12.8 Å². The molecule has 0 bridgehead atoms. The van der Waals surface area contributed by atoms with Gasteiger partial charge in [-0.25, -0.2) is 4.79 Å². The van der Waals surface area contributed by atoms with Gasteiger partial charge in [0, 0.05) is 0 Å². The zero-order valence-corrected chi connectivity index (χ0v) is 28.2. The third-order valence-electron chi connectivity index (χ3n) is 4.97. The van der Waals surface area contributed by atoms with E-state index >= 15 is 0 Å². The van der Waals surface area contributed by atoms with Gasteiger partial charge < -0.3 is 8.59 Å². The minimum absolute atomic E-state index is 0. The van der Waals surface area contributed by atoms with Crippen molar-refractivity contribution in [2.75, 3.05) is 0 Å². The number of urea groups is 1. The van der Waals surface area contributed by atoms with Crippen LogP contribution in [0.3, 0.4) is 0 Å². The van der Waals surface area contributed by atoms with Crippen LogP contribution in [0.25, 0.3) is 0 Å². The number of carbonyl (C=O) groups is 2. The number of carbonyl (C=O) groups excluding carboxylic acids is 2. The van der Waals surface area contributed by atoms with Crippen LogP contribution in [0, 0.1) is 0 Å². The van der Waals surface area contributed by atoms with E-state index in [1.54, 1.807) is 0 Å². The van der Waals surface area contributed by atoms with Gasteiger partial charge in [-0.15, -0.1) is 0 Å². The van der Waals surface area contributed by atoms with Crippen LogP contribution in [0.15, 0.2) is 0 Å². The predicted octanol–water partition coefficient (Wildman–Crippen LogP) is 1.47. The number of amides is 3. The van der Waals surface area contributed by atoms with Gasteiger partial charge in [0.25, 0.3) is 0 Å². The summed E-state index contributed by atoms with van der Waals surface area (Å²) >= 11 is 3.26. The first-order chi connectivity index (χ1) is 12.9. The summed E-state index contributed by atoms with van der Waals surface area (Å²) in [5, 5.41) is 2.04. The maximum atomic E-state index is 11.3. The molecule has 166 valence electrons. The smallest absolute Gasteiger partial charge is 1.00 e. The first kappa shape index (κ1) is 38.9. The van der Waals surface area contributed by atoms with Crippen LogP contribution in [0.2, 0.25) is 0 Å². The average Bonchev–Trinajstić information content (AvgIpc) is 2.65. The number of alkyl halides is 1. The monoisotopic (exact) mass is 528 g/mol. The number of nitrogens with two attached hydrogens (primary N) is 1. The summed E-state index contributed by atoms with van der Waals surface area (Å²) in [4.78, 5) is 21.6. The van der Waals surface area contributed by atoms with Crippen molar-refractivity contribution in [1.82, 2.24) is 5.32 Å². The van der Waals surface area contributed by atoms with E-state index in [1.165, 1.54) is 83.5 Å². The van der Waals surface area contributed by atoms with Gasteiger partial charge in [-0.05, 0) is 12.8 Å². The molecule has 29 heavy (non-hydrogen) atoms. The Morgan fingerprint density at radius 2 is 1.00 bits per heavy atom. The second kappa shape index (κ2) is 28.7. The minimum Gasteiger partial charge on any atom is -1.00 e. The second-order valence-corrected chi connectivity index (χ2v) is 8.90. The van der Waals surface area contributed by atoms with Gasteiger partial charge in [0.2, 0.25) is 5.91 Å². The maximum absolute atomic E-state index is 11.3. The van der Waals surface area contributed by atoms with E-state index in [4.69, 9.17) is 5.73 Å². The molecule has 0 aliphatic rings. The van der Waals surface area contributed by atoms with E-state index in [-0.39, 0.29) is 112 Å². The van der Waals surface area contributed by atoms with Gasteiger partial charge in [-0.1, -0.05) is 127 Å². The predicted molar refractivity (Wildman–Crippen MR) is 124 cm³/mol. The van der Waals surface area contributed by atoms with Gasteiger partial charge in [-0.2, -0.15) is 0 Å². The van der Waals surface area contributed by atoms with E-state index in [9.17, 15) is 9.59 Å². The van der Waals surface area contributed by atoms with Crippen LogP contribution in [-0.2, 0) is 4.79 Å². The zero-order valence-electron chi connectivity index (χ0n) is 22.4. The fourth-order valence-electron chi connectivity index (χ4n) is 2.89. The first-order valence-corrected chi connectivity index (χ1v) is 12.0. The number of primary amides is 1. The SMILES string of the molecule is CCC(Br)(CC)C(=O)NC(N)=O.CCCCCCCCCCCCCCC.[H-].[H-].[K+].[K+]. The molecule has 0 fully saturated rings. The Hall–Kier alpha value is 2.69. The van der Waals surface area contributed by atoms with Gasteiger partial charge in [0.05, 0.1) is 0 Å². The summed E-state index contributed by atoms with van der Waals surface area (Å²) < 4.78 is -0.665. The van der Waals surface area contributed by atoms with Crippen molar-refractivity contribution in [2.45, 2.75) is 128 Å². The Morgan fingerprint density at radius 1 is 0.724 bits per heavy atom. The summed E-state index contributed by atoms with van der Waals surface area (Å²) in [7, 11) is 0. The molecule has 0 aromatic carbocycles. The number of hydrogen-bond acceptors (Lipinski definition) is 2. The molecule has 0 atom stereocenters. The number of imide groups is 1. The van der Waals surface area contributed by atoms with Crippen molar-refractivity contribution in [1.29, 1.82) is 0 Å². The molecule has 0 aromatic rings. The van der Waals surface area contributed by atoms with E-state index < -0.39 is 10.4 Å². The molecule has 0 aliphatic carbocycles. The largest absolute Gasteiger partial charge is 1.00 e. The molecule has 3 N–H and O–H groups in total. The molecule has 0 heterocycles. The number of unbranched alkanes of at least 4 members (excludes halogenated alkanes) is 12.